The summed E-state index contributed by atoms with van der Waals surface area (Å²) in [4.78, 5) is 14.7. The van der Waals surface area contributed by atoms with Gasteiger partial charge in [-0.15, -0.1) is 0 Å². The van der Waals surface area contributed by atoms with Gasteiger partial charge in [0.25, 0.3) is 5.69 Å². The molecule has 0 radical (unpaired) electrons. The maximum atomic E-state index is 10.8. The number of aryl methyl sites for hydroxylation is 1. The molecule has 0 amide bonds. The summed E-state index contributed by atoms with van der Waals surface area (Å²) in [5.74, 6) is 0.562. The third kappa shape index (κ3) is 2.23. The standard InChI is InChI=1S/C15H11N5O2/c1-19-14-5-3-2-4-13(14)18-15(19)17-12-7-6-11(20(21)22)8-10(12)9-16/h2-8H,1H3,(H,17,18). The van der Waals surface area contributed by atoms with Crippen molar-refractivity contribution in [3.63, 3.8) is 0 Å². The molecule has 22 heavy (non-hydrogen) atoms. The first-order chi connectivity index (χ1) is 10.6. The van der Waals surface area contributed by atoms with Crippen LogP contribution in [0.3, 0.4) is 0 Å². The van der Waals surface area contributed by atoms with Crippen molar-refractivity contribution >= 4 is 28.4 Å². The van der Waals surface area contributed by atoms with Gasteiger partial charge in [0.1, 0.15) is 6.07 Å². The maximum Gasteiger partial charge on any atom is 0.270 e. The molecular formula is C15H11N5O2. The van der Waals surface area contributed by atoms with Crippen LogP contribution in [0.2, 0.25) is 0 Å². The monoisotopic (exact) mass is 293 g/mol. The third-order valence-corrected chi connectivity index (χ3v) is 3.37. The second-order valence-corrected chi connectivity index (χ2v) is 4.71. The smallest absolute Gasteiger partial charge is 0.270 e. The van der Waals surface area contributed by atoms with E-state index < -0.39 is 4.92 Å². The van der Waals surface area contributed by atoms with Gasteiger partial charge in [-0.3, -0.25) is 10.1 Å². The first kappa shape index (κ1) is 13.6. The predicted molar refractivity (Wildman–Crippen MR) is 81.8 cm³/mol. The van der Waals surface area contributed by atoms with E-state index in [9.17, 15) is 15.4 Å². The Morgan fingerprint density at radius 2 is 2.09 bits per heavy atom. The zero-order valence-electron chi connectivity index (χ0n) is 11.6. The van der Waals surface area contributed by atoms with E-state index in [0.29, 0.717) is 11.6 Å². The molecule has 1 aromatic heterocycles. The fourth-order valence-electron chi connectivity index (χ4n) is 2.23. The molecule has 2 aromatic carbocycles. The van der Waals surface area contributed by atoms with Crippen molar-refractivity contribution in [2.24, 2.45) is 7.05 Å². The van der Waals surface area contributed by atoms with Crippen LogP contribution < -0.4 is 5.32 Å². The number of non-ortho nitro benzene ring substituents is 1. The lowest BCUT2D eigenvalue weighted by Crippen LogP contribution is -2.01. The van der Waals surface area contributed by atoms with Crippen LogP contribution >= 0.6 is 0 Å². The van der Waals surface area contributed by atoms with Crippen LogP contribution in [0.5, 0.6) is 0 Å². The van der Waals surface area contributed by atoms with E-state index in [4.69, 9.17) is 0 Å². The number of rotatable bonds is 3. The van der Waals surface area contributed by atoms with Gasteiger partial charge in [0.15, 0.2) is 0 Å². The van der Waals surface area contributed by atoms with Gasteiger partial charge < -0.3 is 9.88 Å². The second-order valence-electron chi connectivity index (χ2n) is 4.71. The molecular weight excluding hydrogens is 282 g/mol. The highest BCUT2D eigenvalue weighted by molar-refractivity contribution is 5.80. The molecule has 0 fully saturated rings. The molecule has 3 aromatic rings. The molecule has 108 valence electrons. The predicted octanol–water partition coefficient (Wildman–Crippen LogP) is 3.10. The summed E-state index contributed by atoms with van der Waals surface area (Å²) >= 11 is 0. The van der Waals surface area contributed by atoms with E-state index in [2.05, 4.69) is 10.3 Å². The summed E-state index contributed by atoms with van der Waals surface area (Å²) in [6, 6.07) is 13.7. The van der Waals surface area contributed by atoms with Crippen LogP contribution in [-0.2, 0) is 7.05 Å². The molecule has 0 aliphatic carbocycles. The molecule has 0 unspecified atom stereocenters. The summed E-state index contributed by atoms with van der Waals surface area (Å²) in [6.45, 7) is 0. The third-order valence-electron chi connectivity index (χ3n) is 3.37. The van der Waals surface area contributed by atoms with Crippen molar-refractivity contribution in [3.8, 4) is 6.07 Å². The molecule has 0 aliphatic rings. The van der Waals surface area contributed by atoms with Crippen LogP contribution in [-0.4, -0.2) is 14.5 Å². The molecule has 7 heteroatoms. The summed E-state index contributed by atoms with van der Waals surface area (Å²) < 4.78 is 1.86. The van der Waals surface area contributed by atoms with Crippen molar-refractivity contribution in [3.05, 3.63) is 58.1 Å². The van der Waals surface area contributed by atoms with Gasteiger partial charge in [0.05, 0.1) is 27.2 Å². The second kappa shape index (κ2) is 5.18. The average Bonchev–Trinajstić information content (AvgIpc) is 2.84. The number of nitriles is 1. The van der Waals surface area contributed by atoms with Gasteiger partial charge in [-0.2, -0.15) is 5.26 Å². The summed E-state index contributed by atoms with van der Waals surface area (Å²) in [7, 11) is 1.86. The normalized spacial score (nSPS) is 10.4. The summed E-state index contributed by atoms with van der Waals surface area (Å²) in [5.41, 5.74) is 2.33. The zero-order chi connectivity index (χ0) is 15.7. The number of aromatic nitrogens is 2. The Balaban J connectivity index is 2.03. The number of nitrogens with one attached hydrogen (secondary N) is 1. The number of para-hydroxylation sites is 2. The number of nitro benzene ring substituents is 1. The van der Waals surface area contributed by atoms with E-state index in [1.165, 1.54) is 18.2 Å². The Hall–Kier alpha value is -3.40. The Morgan fingerprint density at radius 1 is 1.32 bits per heavy atom. The molecule has 0 aliphatic heterocycles. The largest absolute Gasteiger partial charge is 0.324 e. The number of benzene rings is 2. The Kier molecular flexibility index (Phi) is 3.20. The van der Waals surface area contributed by atoms with E-state index in [1.54, 1.807) is 0 Å². The first-order valence-electron chi connectivity index (χ1n) is 6.47. The SMILES string of the molecule is Cn1c(Nc2ccc([N+](=O)[O-])cc2C#N)nc2ccccc21. The Morgan fingerprint density at radius 3 is 2.77 bits per heavy atom. The van der Waals surface area contributed by atoms with Crippen LogP contribution in [0.1, 0.15) is 5.56 Å². The van der Waals surface area contributed by atoms with E-state index in [0.717, 1.165) is 11.0 Å². The molecule has 0 saturated carbocycles. The molecule has 3 rings (SSSR count). The van der Waals surface area contributed by atoms with E-state index in [-0.39, 0.29) is 11.3 Å². The number of anilines is 2. The molecule has 1 N–H and O–H groups in total. The quantitative estimate of drug-likeness (QED) is 0.591. The number of hydrogen-bond acceptors (Lipinski definition) is 5. The minimum Gasteiger partial charge on any atom is -0.324 e. The maximum absolute atomic E-state index is 10.8. The average molecular weight is 293 g/mol. The zero-order valence-corrected chi connectivity index (χ0v) is 11.6. The van der Waals surface area contributed by atoms with Gasteiger partial charge >= 0.3 is 0 Å². The fourth-order valence-corrected chi connectivity index (χ4v) is 2.23. The molecule has 0 bridgehead atoms. The summed E-state index contributed by atoms with van der Waals surface area (Å²) in [6.07, 6.45) is 0. The molecule has 1 heterocycles. The van der Waals surface area contributed by atoms with Crippen LogP contribution in [0.15, 0.2) is 42.5 Å². The minimum atomic E-state index is -0.528. The number of nitrogens with zero attached hydrogens (tertiary/aromatic N) is 4. The lowest BCUT2D eigenvalue weighted by molar-refractivity contribution is -0.384. The molecule has 0 atom stereocenters. The number of fused-ring (bicyclic) bond motifs is 1. The van der Waals surface area contributed by atoms with Crippen molar-refractivity contribution in [1.29, 1.82) is 5.26 Å². The highest BCUT2D eigenvalue weighted by Crippen LogP contribution is 2.26. The van der Waals surface area contributed by atoms with Gasteiger partial charge in [-0.05, 0) is 18.2 Å². The number of nitro groups is 1. The van der Waals surface area contributed by atoms with Crippen LogP contribution in [0, 0.1) is 21.4 Å². The van der Waals surface area contributed by atoms with Gasteiger partial charge in [0, 0.05) is 19.2 Å². The van der Waals surface area contributed by atoms with Crippen molar-refractivity contribution < 1.29 is 4.92 Å². The van der Waals surface area contributed by atoms with Crippen LogP contribution in [0.25, 0.3) is 11.0 Å². The topological polar surface area (TPSA) is 96.8 Å². The summed E-state index contributed by atoms with van der Waals surface area (Å²) in [5, 5.41) is 23.0. The molecule has 0 spiro atoms. The lowest BCUT2D eigenvalue weighted by Gasteiger charge is -2.07. The highest BCUT2D eigenvalue weighted by Gasteiger charge is 2.13. The Labute approximate surface area is 125 Å². The number of imidazole rings is 1. The van der Waals surface area contributed by atoms with Gasteiger partial charge in [0.2, 0.25) is 5.95 Å². The van der Waals surface area contributed by atoms with Gasteiger partial charge in [-0.25, -0.2) is 4.98 Å². The lowest BCUT2D eigenvalue weighted by atomic mass is 10.2. The van der Waals surface area contributed by atoms with E-state index in [1.807, 2.05) is 41.9 Å². The van der Waals surface area contributed by atoms with Crippen molar-refractivity contribution in [2.75, 3.05) is 5.32 Å². The molecule has 0 saturated heterocycles. The number of hydrogen-bond donors (Lipinski definition) is 1. The van der Waals surface area contributed by atoms with Crippen LogP contribution in [0.4, 0.5) is 17.3 Å². The first-order valence-corrected chi connectivity index (χ1v) is 6.47. The van der Waals surface area contributed by atoms with Crippen molar-refractivity contribution in [2.45, 2.75) is 0 Å². The molecule has 7 nitrogen and oxygen atoms in total. The van der Waals surface area contributed by atoms with Crippen molar-refractivity contribution in [1.82, 2.24) is 9.55 Å². The minimum absolute atomic E-state index is 0.118. The van der Waals surface area contributed by atoms with E-state index >= 15 is 0 Å². The Bertz CT molecular complexity index is 923. The van der Waals surface area contributed by atoms with Gasteiger partial charge in [-0.1, -0.05) is 12.1 Å². The highest BCUT2D eigenvalue weighted by atomic mass is 16.6. The fraction of sp³-hybridized carbons (Fsp3) is 0.0667.